The number of amides is 3. The maximum absolute atomic E-state index is 12.4. The van der Waals surface area contributed by atoms with Crippen molar-refractivity contribution < 1.29 is 19.5 Å². The van der Waals surface area contributed by atoms with E-state index in [0.717, 1.165) is 25.7 Å². The van der Waals surface area contributed by atoms with Gasteiger partial charge in [-0.05, 0) is 18.3 Å². The van der Waals surface area contributed by atoms with Gasteiger partial charge in [-0.1, -0.05) is 33.6 Å². The van der Waals surface area contributed by atoms with Crippen LogP contribution in [0.3, 0.4) is 0 Å². The van der Waals surface area contributed by atoms with Gasteiger partial charge >= 0.3 is 12.0 Å². The van der Waals surface area contributed by atoms with Crippen LogP contribution in [0.25, 0.3) is 0 Å². The van der Waals surface area contributed by atoms with Gasteiger partial charge in [-0.15, -0.1) is 0 Å². The second kappa shape index (κ2) is 6.78. The number of nitrogens with one attached hydrogen (secondary N) is 1. The van der Waals surface area contributed by atoms with Gasteiger partial charge in [-0.2, -0.15) is 0 Å². The van der Waals surface area contributed by atoms with Crippen LogP contribution in [0.15, 0.2) is 0 Å². The first kappa shape index (κ1) is 17.3. The first-order chi connectivity index (χ1) is 9.62. The zero-order chi connectivity index (χ0) is 16.2. The lowest BCUT2D eigenvalue weighted by Gasteiger charge is -2.33. The molecule has 0 bridgehead atoms. The fourth-order valence-electron chi connectivity index (χ4n) is 2.61. The molecule has 0 aromatic heterocycles. The van der Waals surface area contributed by atoms with Gasteiger partial charge < -0.3 is 21.1 Å². The van der Waals surface area contributed by atoms with E-state index >= 15 is 0 Å². The first-order valence-corrected chi connectivity index (χ1v) is 7.21. The van der Waals surface area contributed by atoms with Crippen molar-refractivity contribution in [1.82, 2.24) is 10.2 Å². The number of carbonyl (C=O) groups is 3. The van der Waals surface area contributed by atoms with E-state index < -0.39 is 29.4 Å². The molecule has 4 N–H and O–H groups in total. The Morgan fingerprint density at radius 3 is 2.19 bits per heavy atom. The number of carbonyl (C=O) groups excluding carboxylic acids is 2. The van der Waals surface area contributed by atoms with Crippen LogP contribution in [-0.2, 0) is 9.59 Å². The summed E-state index contributed by atoms with van der Waals surface area (Å²) < 4.78 is 0. The highest BCUT2D eigenvalue weighted by Gasteiger charge is 2.36. The molecule has 1 aliphatic carbocycles. The zero-order valence-corrected chi connectivity index (χ0v) is 12.9. The Hall–Kier alpha value is -1.79. The third kappa shape index (κ3) is 4.91. The van der Waals surface area contributed by atoms with Gasteiger partial charge in [0.25, 0.3) is 0 Å². The number of hydrogen-bond donors (Lipinski definition) is 3. The van der Waals surface area contributed by atoms with Gasteiger partial charge in [-0.25, -0.2) is 9.59 Å². The van der Waals surface area contributed by atoms with E-state index in [2.05, 4.69) is 5.32 Å². The molecule has 1 fully saturated rings. The molecule has 3 amide bonds. The monoisotopic (exact) mass is 299 g/mol. The molecule has 0 unspecified atom stereocenters. The number of hydrogen-bond acceptors (Lipinski definition) is 3. The van der Waals surface area contributed by atoms with E-state index in [1.54, 1.807) is 20.8 Å². The SMILES string of the molecule is CC(C)(C)[C@@H](NC(=O)N(CC(N)=O)C1CCCC1)C(=O)O. The summed E-state index contributed by atoms with van der Waals surface area (Å²) in [6, 6.07) is -1.61. The van der Waals surface area contributed by atoms with E-state index in [0.29, 0.717) is 0 Å². The number of carboxylic acid groups (broad SMARTS) is 1. The summed E-state index contributed by atoms with van der Waals surface area (Å²) in [6.07, 6.45) is 3.62. The molecule has 1 saturated carbocycles. The molecule has 21 heavy (non-hydrogen) atoms. The van der Waals surface area contributed by atoms with Crippen LogP contribution in [0.1, 0.15) is 46.5 Å². The number of nitrogens with two attached hydrogens (primary N) is 1. The number of carboxylic acids is 1. The second-order valence-electron chi connectivity index (χ2n) is 6.62. The predicted molar refractivity (Wildman–Crippen MR) is 77.6 cm³/mol. The summed E-state index contributed by atoms with van der Waals surface area (Å²) >= 11 is 0. The Labute approximate surface area is 124 Å². The van der Waals surface area contributed by atoms with E-state index in [1.165, 1.54) is 4.90 Å². The Morgan fingerprint density at radius 2 is 1.81 bits per heavy atom. The minimum atomic E-state index is -1.10. The largest absolute Gasteiger partial charge is 0.480 e. The summed E-state index contributed by atoms with van der Waals surface area (Å²) in [7, 11) is 0. The van der Waals surface area contributed by atoms with Gasteiger partial charge in [-0.3, -0.25) is 4.79 Å². The highest BCUT2D eigenvalue weighted by Crippen LogP contribution is 2.24. The van der Waals surface area contributed by atoms with Crippen LogP contribution < -0.4 is 11.1 Å². The average molecular weight is 299 g/mol. The quantitative estimate of drug-likeness (QED) is 0.700. The van der Waals surface area contributed by atoms with Crippen LogP contribution in [0.2, 0.25) is 0 Å². The molecular formula is C14H25N3O4. The van der Waals surface area contributed by atoms with Gasteiger partial charge in [0.05, 0.1) is 0 Å². The third-order valence-corrected chi connectivity index (χ3v) is 3.73. The lowest BCUT2D eigenvalue weighted by Crippen LogP contribution is -2.56. The zero-order valence-electron chi connectivity index (χ0n) is 12.9. The van der Waals surface area contributed by atoms with Crippen molar-refractivity contribution in [2.24, 2.45) is 11.1 Å². The van der Waals surface area contributed by atoms with Crippen molar-refractivity contribution in [2.75, 3.05) is 6.54 Å². The number of aliphatic carboxylic acids is 1. The number of primary amides is 1. The lowest BCUT2D eigenvalue weighted by atomic mass is 9.87. The van der Waals surface area contributed by atoms with Crippen LogP contribution in [0.5, 0.6) is 0 Å². The molecule has 0 aromatic rings. The van der Waals surface area contributed by atoms with Crippen molar-refractivity contribution in [2.45, 2.75) is 58.5 Å². The smallest absolute Gasteiger partial charge is 0.326 e. The maximum atomic E-state index is 12.4. The van der Waals surface area contributed by atoms with Gasteiger partial charge in [0, 0.05) is 6.04 Å². The van der Waals surface area contributed by atoms with E-state index in [9.17, 15) is 19.5 Å². The highest BCUT2D eigenvalue weighted by molar-refractivity contribution is 5.86. The summed E-state index contributed by atoms with van der Waals surface area (Å²) in [5.74, 6) is -1.69. The Balaban J connectivity index is 2.84. The van der Waals surface area contributed by atoms with Crippen molar-refractivity contribution in [3.05, 3.63) is 0 Å². The molecule has 0 spiro atoms. The molecule has 7 heteroatoms. The normalized spacial score (nSPS) is 17.3. The third-order valence-electron chi connectivity index (χ3n) is 3.73. The van der Waals surface area contributed by atoms with E-state index in [1.807, 2.05) is 0 Å². The molecule has 0 radical (unpaired) electrons. The molecule has 0 aromatic carbocycles. The number of rotatable bonds is 5. The fraction of sp³-hybridized carbons (Fsp3) is 0.786. The maximum Gasteiger partial charge on any atom is 0.326 e. The molecule has 1 atom stereocenters. The molecular weight excluding hydrogens is 274 g/mol. The average Bonchev–Trinajstić information content (AvgIpc) is 2.84. The fourth-order valence-corrected chi connectivity index (χ4v) is 2.61. The molecule has 120 valence electrons. The van der Waals surface area contributed by atoms with Crippen molar-refractivity contribution >= 4 is 17.9 Å². The minimum Gasteiger partial charge on any atom is -0.480 e. The van der Waals surface area contributed by atoms with Crippen LogP contribution in [0.4, 0.5) is 4.79 Å². The summed E-state index contributed by atoms with van der Waals surface area (Å²) in [5.41, 5.74) is 4.57. The summed E-state index contributed by atoms with van der Waals surface area (Å²) in [5, 5.41) is 11.8. The summed E-state index contributed by atoms with van der Waals surface area (Å²) in [4.78, 5) is 36.2. The first-order valence-electron chi connectivity index (χ1n) is 7.21. The van der Waals surface area contributed by atoms with E-state index in [4.69, 9.17) is 5.73 Å². The standard InChI is InChI=1S/C14H25N3O4/c1-14(2,3)11(12(19)20)16-13(21)17(8-10(15)18)9-6-4-5-7-9/h9,11H,4-8H2,1-3H3,(H2,15,18)(H,16,21)(H,19,20)/t11-/m0/s1. The van der Waals surface area contributed by atoms with Crippen molar-refractivity contribution in [3.8, 4) is 0 Å². The van der Waals surface area contributed by atoms with Gasteiger partial charge in [0.15, 0.2) is 0 Å². The topological polar surface area (TPSA) is 113 Å². The minimum absolute atomic E-state index is 0.0492. The number of nitrogens with zero attached hydrogens (tertiary/aromatic N) is 1. The van der Waals surface area contributed by atoms with Crippen LogP contribution in [0, 0.1) is 5.41 Å². The molecule has 0 heterocycles. The lowest BCUT2D eigenvalue weighted by molar-refractivity contribution is -0.142. The van der Waals surface area contributed by atoms with Crippen LogP contribution in [-0.4, -0.2) is 46.5 Å². The van der Waals surface area contributed by atoms with Crippen molar-refractivity contribution in [1.29, 1.82) is 0 Å². The Kier molecular flexibility index (Phi) is 5.57. The molecule has 1 rings (SSSR count). The molecule has 0 aliphatic heterocycles. The summed E-state index contributed by atoms with van der Waals surface area (Å²) in [6.45, 7) is 5.02. The predicted octanol–water partition coefficient (Wildman–Crippen LogP) is 0.925. The van der Waals surface area contributed by atoms with Crippen LogP contribution >= 0.6 is 0 Å². The highest BCUT2D eigenvalue weighted by atomic mass is 16.4. The van der Waals surface area contributed by atoms with Gasteiger partial charge in [0.2, 0.25) is 5.91 Å². The molecule has 0 saturated heterocycles. The molecule has 1 aliphatic rings. The second-order valence-corrected chi connectivity index (χ2v) is 6.62. The number of urea groups is 1. The Bertz CT molecular complexity index is 411. The Morgan fingerprint density at radius 1 is 1.29 bits per heavy atom. The molecule has 7 nitrogen and oxygen atoms in total. The van der Waals surface area contributed by atoms with Crippen molar-refractivity contribution in [3.63, 3.8) is 0 Å². The van der Waals surface area contributed by atoms with Gasteiger partial charge in [0.1, 0.15) is 12.6 Å². The van der Waals surface area contributed by atoms with E-state index in [-0.39, 0.29) is 12.6 Å².